The van der Waals surface area contributed by atoms with Crippen LogP contribution < -0.4 is 5.32 Å². The Labute approximate surface area is 120 Å². The summed E-state index contributed by atoms with van der Waals surface area (Å²) in [6.45, 7) is 2.30. The van der Waals surface area contributed by atoms with Crippen LogP contribution in [0.5, 0.6) is 0 Å². The highest BCUT2D eigenvalue weighted by Gasteiger charge is 2.31. The Morgan fingerprint density at radius 3 is 2.67 bits per heavy atom. The highest BCUT2D eigenvalue weighted by molar-refractivity contribution is 5.59. The van der Waals surface area contributed by atoms with Crippen molar-refractivity contribution in [2.24, 2.45) is 0 Å². The molecule has 0 spiro atoms. The van der Waals surface area contributed by atoms with Gasteiger partial charge in [-0.15, -0.1) is 0 Å². The summed E-state index contributed by atoms with van der Waals surface area (Å²) < 4.78 is 37.8. The Bertz CT molecular complexity index is 687. The molecule has 0 fully saturated rings. The lowest BCUT2D eigenvalue weighted by Gasteiger charge is -2.12. The fourth-order valence-corrected chi connectivity index (χ4v) is 1.86. The van der Waals surface area contributed by atoms with Crippen molar-refractivity contribution in [3.63, 3.8) is 0 Å². The van der Waals surface area contributed by atoms with Gasteiger partial charge < -0.3 is 5.32 Å². The zero-order chi connectivity index (χ0) is 15.5. The van der Waals surface area contributed by atoms with Gasteiger partial charge in [-0.3, -0.25) is 4.98 Å². The first-order valence-corrected chi connectivity index (χ1v) is 6.16. The quantitative estimate of drug-likeness (QED) is 0.933. The number of hydrogen-bond donors (Lipinski definition) is 1. The van der Waals surface area contributed by atoms with Crippen molar-refractivity contribution >= 4 is 5.69 Å². The monoisotopic (exact) mass is 291 g/mol. The zero-order valence-corrected chi connectivity index (χ0v) is 11.2. The van der Waals surface area contributed by atoms with Crippen LogP contribution in [-0.2, 0) is 12.7 Å². The molecule has 108 valence electrons. The third-order valence-electron chi connectivity index (χ3n) is 3.07. The molecule has 2 rings (SSSR count). The maximum Gasteiger partial charge on any atom is 0.416 e. The Balaban J connectivity index is 2.22. The van der Waals surface area contributed by atoms with Gasteiger partial charge in [0.05, 0.1) is 16.8 Å². The molecule has 0 amide bonds. The second-order valence-corrected chi connectivity index (χ2v) is 4.53. The van der Waals surface area contributed by atoms with E-state index in [-0.39, 0.29) is 5.56 Å². The molecule has 6 heteroatoms. The molecule has 0 radical (unpaired) electrons. The molecule has 21 heavy (non-hydrogen) atoms. The third-order valence-corrected chi connectivity index (χ3v) is 3.07. The second kappa shape index (κ2) is 5.83. The number of anilines is 1. The van der Waals surface area contributed by atoms with Gasteiger partial charge in [-0.1, -0.05) is 0 Å². The molecular formula is C15H12F3N3. The number of halogens is 3. The van der Waals surface area contributed by atoms with Crippen LogP contribution in [0.15, 0.2) is 36.7 Å². The van der Waals surface area contributed by atoms with Crippen molar-refractivity contribution in [2.75, 3.05) is 5.32 Å². The first-order chi connectivity index (χ1) is 9.91. The number of aryl methyl sites for hydroxylation is 1. The number of hydrogen-bond acceptors (Lipinski definition) is 3. The van der Waals surface area contributed by atoms with E-state index in [2.05, 4.69) is 10.3 Å². The zero-order valence-electron chi connectivity index (χ0n) is 11.2. The average molecular weight is 291 g/mol. The van der Waals surface area contributed by atoms with Gasteiger partial charge in [-0.2, -0.15) is 18.4 Å². The van der Waals surface area contributed by atoms with Crippen molar-refractivity contribution < 1.29 is 13.2 Å². The van der Waals surface area contributed by atoms with Gasteiger partial charge in [0.1, 0.15) is 6.07 Å². The van der Waals surface area contributed by atoms with Crippen LogP contribution in [-0.4, -0.2) is 4.98 Å². The minimum atomic E-state index is -4.45. The molecule has 0 saturated carbocycles. The standard InChI is InChI=1S/C15H12F3N3/c1-10-8-20-5-4-11(10)9-21-14-3-2-13(15(16,17)18)6-12(14)7-19/h2-6,8,21H,9H2,1H3. The smallest absolute Gasteiger partial charge is 0.380 e. The normalized spacial score (nSPS) is 11.0. The highest BCUT2D eigenvalue weighted by atomic mass is 19.4. The highest BCUT2D eigenvalue weighted by Crippen LogP contribution is 2.31. The fraction of sp³-hybridized carbons (Fsp3) is 0.200. The second-order valence-electron chi connectivity index (χ2n) is 4.53. The van der Waals surface area contributed by atoms with Crippen LogP contribution in [0.25, 0.3) is 0 Å². The Kier molecular flexibility index (Phi) is 4.13. The van der Waals surface area contributed by atoms with Gasteiger partial charge in [0.2, 0.25) is 0 Å². The predicted molar refractivity (Wildman–Crippen MR) is 72.5 cm³/mol. The summed E-state index contributed by atoms with van der Waals surface area (Å²) in [5, 5.41) is 12.0. The van der Waals surface area contributed by atoms with Gasteiger partial charge in [0.25, 0.3) is 0 Å². The Hall–Kier alpha value is -2.55. The molecule has 0 aliphatic heterocycles. The van der Waals surface area contributed by atoms with Crippen LogP contribution in [0.4, 0.5) is 18.9 Å². The molecule has 2 aromatic rings. The van der Waals surface area contributed by atoms with Crippen LogP contribution in [0, 0.1) is 18.3 Å². The summed E-state index contributed by atoms with van der Waals surface area (Å²) in [4.78, 5) is 3.97. The van der Waals surface area contributed by atoms with Gasteiger partial charge in [-0.05, 0) is 42.3 Å². The lowest BCUT2D eigenvalue weighted by Crippen LogP contribution is -2.07. The van der Waals surface area contributed by atoms with E-state index in [1.54, 1.807) is 18.5 Å². The molecule has 0 aliphatic carbocycles. The van der Waals surface area contributed by atoms with E-state index in [1.807, 2.05) is 13.0 Å². The summed E-state index contributed by atoms with van der Waals surface area (Å²) in [5.74, 6) is 0. The average Bonchev–Trinajstić information content (AvgIpc) is 2.45. The maximum absolute atomic E-state index is 12.6. The number of alkyl halides is 3. The Morgan fingerprint density at radius 2 is 2.05 bits per heavy atom. The minimum Gasteiger partial charge on any atom is -0.380 e. The summed E-state index contributed by atoms with van der Waals surface area (Å²) in [7, 11) is 0. The van der Waals surface area contributed by atoms with Gasteiger partial charge >= 0.3 is 6.18 Å². The van der Waals surface area contributed by atoms with Crippen molar-refractivity contribution in [3.05, 3.63) is 58.9 Å². The predicted octanol–water partition coefficient (Wildman–Crippen LogP) is 3.89. The van der Waals surface area contributed by atoms with Crippen LogP contribution in [0.1, 0.15) is 22.3 Å². The lowest BCUT2D eigenvalue weighted by molar-refractivity contribution is -0.137. The molecule has 1 heterocycles. The van der Waals surface area contributed by atoms with Gasteiger partial charge in [0, 0.05) is 18.9 Å². The first kappa shape index (κ1) is 14.9. The van der Waals surface area contributed by atoms with E-state index in [4.69, 9.17) is 5.26 Å². The van der Waals surface area contributed by atoms with Crippen molar-refractivity contribution in [1.29, 1.82) is 5.26 Å². The summed E-state index contributed by atoms with van der Waals surface area (Å²) in [5.41, 5.74) is 1.45. The van der Waals surface area contributed by atoms with E-state index in [0.29, 0.717) is 12.2 Å². The lowest BCUT2D eigenvalue weighted by atomic mass is 10.1. The molecule has 3 nitrogen and oxygen atoms in total. The minimum absolute atomic E-state index is 0.0310. The van der Waals surface area contributed by atoms with E-state index in [9.17, 15) is 13.2 Å². The topological polar surface area (TPSA) is 48.7 Å². The molecule has 0 aliphatic rings. The summed E-state index contributed by atoms with van der Waals surface area (Å²) >= 11 is 0. The number of aromatic nitrogens is 1. The Morgan fingerprint density at radius 1 is 1.29 bits per heavy atom. The van der Waals surface area contributed by atoms with Gasteiger partial charge in [0.15, 0.2) is 0 Å². The molecule has 0 saturated heterocycles. The number of nitrogens with one attached hydrogen (secondary N) is 1. The van der Waals surface area contributed by atoms with E-state index in [0.717, 1.165) is 23.3 Å². The third kappa shape index (κ3) is 3.51. The van der Waals surface area contributed by atoms with E-state index < -0.39 is 11.7 Å². The molecule has 1 aromatic heterocycles. The van der Waals surface area contributed by atoms with Crippen molar-refractivity contribution in [3.8, 4) is 6.07 Å². The van der Waals surface area contributed by atoms with Gasteiger partial charge in [-0.25, -0.2) is 0 Å². The number of nitriles is 1. The molecule has 1 aromatic carbocycles. The van der Waals surface area contributed by atoms with Crippen LogP contribution >= 0.6 is 0 Å². The largest absolute Gasteiger partial charge is 0.416 e. The SMILES string of the molecule is Cc1cnccc1CNc1ccc(C(F)(F)F)cc1C#N. The number of rotatable bonds is 3. The van der Waals surface area contributed by atoms with E-state index >= 15 is 0 Å². The number of pyridine rings is 1. The van der Waals surface area contributed by atoms with E-state index in [1.165, 1.54) is 6.07 Å². The number of nitrogens with zero attached hydrogens (tertiary/aromatic N) is 2. The van der Waals surface area contributed by atoms with Crippen LogP contribution in [0.2, 0.25) is 0 Å². The first-order valence-electron chi connectivity index (χ1n) is 6.16. The molecular weight excluding hydrogens is 279 g/mol. The number of benzene rings is 1. The maximum atomic E-state index is 12.6. The van der Waals surface area contributed by atoms with Crippen molar-refractivity contribution in [1.82, 2.24) is 4.98 Å². The fourth-order valence-electron chi connectivity index (χ4n) is 1.86. The van der Waals surface area contributed by atoms with Crippen molar-refractivity contribution in [2.45, 2.75) is 19.6 Å². The van der Waals surface area contributed by atoms with Crippen LogP contribution in [0.3, 0.4) is 0 Å². The molecule has 0 atom stereocenters. The molecule has 0 unspecified atom stereocenters. The summed E-state index contributed by atoms with van der Waals surface area (Å²) in [6.07, 6.45) is -1.11. The summed E-state index contributed by atoms with van der Waals surface area (Å²) in [6, 6.07) is 6.69. The molecule has 1 N–H and O–H groups in total. The molecule has 0 bridgehead atoms.